The Hall–Kier alpha value is 1.37. The van der Waals surface area contributed by atoms with Gasteiger partial charge in [-0.2, -0.15) is 0 Å². The predicted octanol–water partition coefficient (Wildman–Crippen LogP) is 4.56. The van der Waals surface area contributed by atoms with Gasteiger partial charge in [-0.05, 0) is 19.3 Å². The minimum absolute atomic E-state index is 0.190. The van der Waals surface area contributed by atoms with Gasteiger partial charge in [0.25, 0.3) is 0 Å². The summed E-state index contributed by atoms with van der Waals surface area (Å²) in [7, 11) is 0. The van der Waals surface area contributed by atoms with Crippen molar-refractivity contribution in [2.45, 2.75) is 55.6 Å². The number of aliphatic hydroxyl groups is 2. The molecule has 0 aliphatic carbocycles. The second-order valence-corrected chi connectivity index (χ2v) is 6.45. The first-order chi connectivity index (χ1) is 8.97. The van der Waals surface area contributed by atoms with Crippen molar-refractivity contribution in [3.63, 3.8) is 0 Å². The van der Waals surface area contributed by atoms with E-state index in [0.717, 1.165) is 31.6 Å². The van der Waals surface area contributed by atoms with Gasteiger partial charge in [-0.15, -0.1) is 58.0 Å². The molecule has 2 N–H and O–H groups in total. The molecule has 2 unspecified atom stereocenters. The fourth-order valence-electron chi connectivity index (χ4n) is 1.19. The van der Waals surface area contributed by atoms with E-state index in [1.807, 2.05) is 0 Å². The molecule has 0 aromatic heterocycles. The zero-order chi connectivity index (χ0) is 15.1. The molecule has 0 rings (SSSR count). The van der Waals surface area contributed by atoms with Crippen LogP contribution < -0.4 is 0 Å². The van der Waals surface area contributed by atoms with Crippen molar-refractivity contribution in [1.29, 1.82) is 0 Å². The molecule has 2 nitrogen and oxygen atoms in total. The van der Waals surface area contributed by atoms with Gasteiger partial charge in [-0.3, -0.25) is 0 Å². The number of rotatable bonds is 10. The summed E-state index contributed by atoms with van der Waals surface area (Å²) in [5.74, 6) is 1.47. The Morgan fingerprint density at radius 3 is 1.74 bits per heavy atom. The van der Waals surface area contributed by atoms with Crippen LogP contribution in [0.25, 0.3) is 0 Å². The number of alkyl halides is 5. The first kappa shape index (κ1) is 22.6. The van der Waals surface area contributed by atoms with E-state index in [9.17, 15) is 5.11 Å². The number of unbranched alkanes of at least 4 members (excludes halogenated alkanes) is 2. The molecule has 0 aromatic rings. The first-order valence-electron chi connectivity index (χ1n) is 6.30. The van der Waals surface area contributed by atoms with Crippen molar-refractivity contribution in [2.75, 3.05) is 17.6 Å². The van der Waals surface area contributed by atoms with Gasteiger partial charge in [0.15, 0.2) is 0 Å². The van der Waals surface area contributed by atoms with E-state index in [1.54, 1.807) is 0 Å². The third-order valence-corrected chi connectivity index (χ3v) is 3.44. The molecule has 0 heterocycles. The molecule has 0 aromatic carbocycles. The highest BCUT2D eigenvalue weighted by Crippen LogP contribution is 2.10. The van der Waals surface area contributed by atoms with Gasteiger partial charge in [0, 0.05) is 24.1 Å². The molecule has 0 spiro atoms. The maximum atomic E-state index is 9.23. The van der Waals surface area contributed by atoms with Crippen LogP contribution in [0.2, 0.25) is 0 Å². The third kappa shape index (κ3) is 21.8. The predicted molar refractivity (Wildman–Crippen MR) is 87.4 cm³/mol. The quantitative estimate of drug-likeness (QED) is 0.434. The maximum absolute atomic E-state index is 9.23. The molecule has 0 amide bonds. The molecule has 118 valence electrons. The van der Waals surface area contributed by atoms with E-state index in [2.05, 4.69) is 0 Å². The van der Waals surface area contributed by atoms with E-state index < -0.39 is 10.9 Å². The van der Waals surface area contributed by atoms with Crippen LogP contribution in [0.15, 0.2) is 0 Å². The molecule has 7 heteroatoms. The smallest absolute Gasteiger partial charge is 0.110 e. The van der Waals surface area contributed by atoms with E-state index in [1.165, 1.54) is 0 Å². The van der Waals surface area contributed by atoms with Crippen LogP contribution in [-0.2, 0) is 0 Å². The Balaban J connectivity index is 0. The van der Waals surface area contributed by atoms with Crippen LogP contribution in [0.3, 0.4) is 0 Å². The van der Waals surface area contributed by atoms with Crippen LogP contribution in [-0.4, -0.2) is 44.9 Å². The van der Waals surface area contributed by atoms with Gasteiger partial charge in [0.05, 0.1) is 12.2 Å². The summed E-state index contributed by atoms with van der Waals surface area (Å²) >= 11 is 26.8. The largest absolute Gasteiger partial charge is 0.393 e. The molecule has 19 heavy (non-hydrogen) atoms. The molecular formula is C12H23Cl5O2. The van der Waals surface area contributed by atoms with Crippen molar-refractivity contribution in [3.05, 3.63) is 0 Å². The van der Waals surface area contributed by atoms with Crippen LogP contribution in [0.5, 0.6) is 0 Å². The summed E-state index contributed by atoms with van der Waals surface area (Å²) in [5.41, 5.74) is 0. The van der Waals surface area contributed by atoms with E-state index in [4.69, 9.17) is 63.1 Å². The molecule has 0 saturated heterocycles. The Labute approximate surface area is 141 Å². The fourth-order valence-corrected chi connectivity index (χ4v) is 2.17. The number of aliphatic hydroxyl groups excluding tert-OH is 2. The molecule has 0 saturated carbocycles. The lowest BCUT2D eigenvalue weighted by Crippen LogP contribution is -2.11. The topological polar surface area (TPSA) is 40.5 Å². The SMILES string of the molecule is OC(CCCl)CCCCCCl.OC(CCl)CC(Cl)Cl. The van der Waals surface area contributed by atoms with Crippen molar-refractivity contribution >= 4 is 58.0 Å². The van der Waals surface area contributed by atoms with Crippen LogP contribution in [0, 0.1) is 0 Å². The van der Waals surface area contributed by atoms with Crippen molar-refractivity contribution in [1.82, 2.24) is 0 Å². The van der Waals surface area contributed by atoms with E-state index >= 15 is 0 Å². The number of hydrogen-bond donors (Lipinski definition) is 2. The lowest BCUT2D eigenvalue weighted by Gasteiger charge is -2.06. The second kappa shape index (κ2) is 17.4. The van der Waals surface area contributed by atoms with E-state index in [0.29, 0.717) is 18.7 Å². The van der Waals surface area contributed by atoms with Crippen molar-refractivity contribution in [3.8, 4) is 0 Å². The maximum Gasteiger partial charge on any atom is 0.110 e. The lowest BCUT2D eigenvalue weighted by atomic mass is 10.1. The molecule has 0 radical (unpaired) electrons. The summed E-state index contributed by atoms with van der Waals surface area (Å²) in [6, 6.07) is 0. The summed E-state index contributed by atoms with van der Waals surface area (Å²) < 4.78 is 0. The van der Waals surface area contributed by atoms with Gasteiger partial charge in [0.1, 0.15) is 4.84 Å². The standard InChI is InChI=1S/C8H16Cl2O.C4H7Cl3O/c9-6-3-1-2-4-8(11)5-7-10;5-2-3(8)1-4(6)7/h8,11H,1-7H2;3-4,8H,1-2H2. The monoisotopic (exact) mass is 374 g/mol. The first-order valence-corrected chi connectivity index (χ1v) is 8.77. The molecule has 2 atom stereocenters. The second-order valence-electron chi connectivity index (χ2n) is 4.10. The van der Waals surface area contributed by atoms with Crippen LogP contribution in [0.1, 0.15) is 38.5 Å². The summed E-state index contributed by atoms with van der Waals surface area (Å²) in [4.78, 5) is -0.510. The van der Waals surface area contributed by atoms with Gasteiger partial charge in [-0.1, -0.05) is 12.8 Å². The summed E-state index contributed by atoms with van der Waals surface area (Å²) in [6.07, 6.45) is 4.36. The Morgan fingerprint density at radius 2 is 1.37 bits per heavy atom. The zero-order valence-electron chi connectivity index (χ0n) is 10.9. The van der Waals surface area contributed by atoms with Crippen LogP contribution in [0.4, 0.5) is 0 Å². The fraction of sp³-hybridized carbons (Fsp3) is 1.00. The summed E-state index contributed by atoms with van der Waals surface area (Å²) in [6.45, 7) is 0. The molecule has 0 aliphatic rings. The van der Waals surface area contributed by atoms with Gasteiger partial charge < -0.3 is 10.2 Å². The molecule has 0 aliphatic heterocycles. The Morgan fingerprint density at radius 1 is 0.737 bits per heavy atom. The lowest BCUT2D eigenvalue weighted by molar-refractivity contribution is 0.157. The average molecular weight is 377 g/mol. The van der Waals surface area contributed by atoms with Crippen molar-refractivity contribution < 1.29 is 10.2 Å². The third-order valence-electron chi connectivity index (χ3n) is 2.24. The van der Waals surface area contributed by atoms with Gasteiger partial charge >= 0.3 is 0 Å². The number of halogens is 5. The Bertz CT molecular complexity index is 172. The Kier molecular flexibility index (Phi) is 20.8. The van der Waals surface area contributed by atoms with Crippen molar-refractivity contribution in [2.24, 2.45) is 0 Å². The molecule has 0 fully saturated rings. The highest BCUT2D eigenvalue weighted by atomic mass is 35.5. The van der Waals surface area contributed by atoms with E-state index in [-0.39, 0.29) is 12.0 Å². The minimum atomic E-state index is -0.573. The number of hydrogen-bond acceptors (Lipinski definition) is 2. The average Bonchev–Trinajstić information content (AvgIpc) is 2.35. The highest BCUT2D eigenvalue weighted by Gasteiger charge is 2.06. The summed E-state index contributed by atoms with van der Waals surface area (Å²) in [5, 5.41) is 18.0. The van der Waals surface area contributed by atoms with Crippen LogP contribution >= 0.6 is 58.0 Å². The molecule has 0 bridgehead atoms. The minimum Gasteiger partial charge on any atom is -0.393 e. The van der Waals surface area contributed by atoms with Gasteiger partial charge in [0.2, 0.25) is 0 Å². The normalized spacial score (nSPS) is 13.9. The van der Waals surface area contributed by atoms with Gasteiger partial charge in [-0.25, -0.2) is 0 Å². The zero-order valence-corrected chi connectivity index (χ0v) is 14.7. The molecular weight excluding hydrogens is 353 g/mol. The highest BCUT2D eigenvalue weighted by molar-refractivity contribution is 6.44.